The van der Waals surface area contributed by atoms with Gasteiger partial charge in [-0.1, -0.05) is 6.07 Å². The van der Waals surface area contributed by atoms with Crippen LogP contribution in [-0.2, 0) is 11.2 Å². The molecule has 21 heavy (non-hydrogen) atoms. The molecule has 0 fully saturated rings. The van der Waals surface area contributed by atoms with Crippen molar-refractivity contribution in [2.75, 3.05) is 6.54 Å². The third-order valence-electron chi connectivity index (χ3n) is 2.55. The van der Waals surface area contributed by atoms with Crippen LogP contribution in [-0.4, -0.2) is 23.5 Å². The van der Waals surface area contributed by atoms with Crippen LogP contribution < -0.4 is 11.1 Å². The molecule has 4 nitrogen and oxygen atoms in total. The van der Waals surface area contributed by atoms with Crippen molar-refractivity contribution >= 4 is 53.4 Å². The van der Waals surface area contributed by atoms with Crippen molar-refractivity contribution in [3.05, 3.63) is 28.6 Å². The van der Waals surface area contributed by atoms with Crippen LogP contribution in [0.25, 0.3) is 9.88 Å². The first kappa shape index (κ1) is 20.3. The number of nitrogens with one attached hydrogen (secondary N) is 1. The van der Waals surface area contributed by atoms with E-state index in [1.165, 1.54) is 0 Å². The fourth-order valence-electron chi connectivity index (χ4n) is 1.57. The minimum Gasteiger partial charge on any atom is -0.356 e. The number of thiophene rings is 1. The van der Waals surface area contributed by atoms with Crippen molar-refractivity contribution in [1.29, 1.82) is 0 Å². The fourth-order valence-corrected chi connectivity index (χ4v) is 3.20. The Bertz CT molecular complexity index is 529. The minimum atomic E-state index is 0. The highest BCUT2D eigenvalue weighted by atomic mass is 35.5. The number of rotatable bonds is 6. The number of aromatic nitrogens is 1. The summed E-state index contributed by atoms with van der Waals surface area (Å²) in [6, 6.07) is 4.16. The van der Waals surface area contributed by atoms with Gasteiger partial charge in [0.1, 0.15) is 5.01 Å². The largest absolute Gasteiger partial charge is 0.356 e. The number of carbonyl (C=O) groups excluding carboxylic acids is 1. The second kappa shape index (κ2) is 10.1. The lowest BCUT2D eigenvalue weighted by Crippen LogP contribution is -2.30. The molecule has 1 amide bonds. The molecule has 2 rings (SSSR count). The van der Waals surface area contributed by atoms with Crippen LogP contribution in [0.1, 0.15) is 19.0 Å². The summed E-state index contributed by atoms with van der Waals surface area (Å²) in [5.41, 5.74) is 6.45. The first-order valence-corrected chi connectivity index (χ1v) is 7.91. The van der Waals surface area contributed by atoms with Crippen molar-refractivity contribution in [3.8, 4) is 9.88 Å². The van der Waals surface area contributed by atoms with E-state index in [-0.39, 0.29) is 36.8 Å². The molecule has 1 unspecified atom stereocenters. The zero-order valence-electron chi connectivity index (χ0n) is 11.6. The lowest BCUT2D eigenvalue weighted by molar-refractivity contribution is -0.120. The molecule has 0 saturated heterocycles. The number of hydrogen-bond acceptors (Lipinski definition) is 5. The van der Waals surface area contributed by atoms with E-state index in [2.05, 4.69) is 10.3 Å². The summed E-state index contributed by atoms with van der Waals surface area (Å²) in [5.74, 6) is 0.00341. The molecule has 0 aromatic carbocycles. The Balaban J connectivity index is 0.00000200. The van der Waals surface area contributed by atoms with Crippen LogP contribution in [0.2, 0.25) is 0 Å². The van der Waals surface area contributed by atoms with Crippen molar-refractivity contribution in [2.24, 2.45) is 5.73 Å². The number of thiazole rings is 1. The maximum atomic E-state index is 11.7. The standard InChI is InChI=1S/C13H17N3OS2.2ClH/c1-9(14)4-5-15-12(17)7-10-8-19-13(16-10)11-3-2-6-18-11;;/h2-3,6,8-9H,4-5,7,14H2,1H3,(H,15,17);2*1H. The maximum Gasteiger partial charge on any atom is 0.226 e. The molecule has 0 aliphatic carbocycles. The van der Waals surface area contributed by atoms with Crippen molar-refractivity contribution in [2.45, 2.75) is 25.8 Å². The number of halogens is 2. The third kappa shape index (κ3) is 6.76. The molecule has 2 heterocycles. The first-order valence-electron chi connectivity index (χ1n) is 6.15. The normalized spacial score (nSPS) is 11.1. The Kier molecular flexibility index (Phi) is 9.81. The molecule has 0 radical (unpaired) electrons. The predicted molar refractivity (Wildman–Crippen MR) is 94.9 cm³/mol. The molecule has 0 bridgehead atoms. The molecular weight excluding hydrogens is 349 g/mol. The van der Waals surface area contributed by atoms with E-state index >= 15 is 0 Å². The van der Waals surface area contributed by atoms with Gasteiger partial charge in [0.05, 0.1) is 17.0 Å². The average molecular weight is 368 g/mol. The van der Waals surface area contributed by atoms with E-state index in [1.54, 1.807) is 22.7 Å². The van der Waals surface area contributed by atoms with Gasteiger partial charge >= 0.3 is 0 Å². The van der Waals surface area contributed by atoms with E-state index in [0.717, 1.165) is 22.0 Å². The Labute approximate surface area is 145 Å². The quantitative estimate of drug-likeness (QED) is 0.823. The summed E-state index contributed by atoms with van der Waals surface area (Å²) >= 11 is 3.24. The second-order valence-electron chi connectivity index (χ2n) is 4.41. The average Bonchev–Trinajstić information content (AvgIpc) is 2.97. The van der Waals surface area contributed by atoms with Crippen molar-refractivity contribution < 1.29 is 4.79 Å². The first-order chi connectivity index (χ1) is 9.15. The number of carbonyl (C=O) groups is 1. The highest BCUT2D eigenvalue weighted by Crippen LogP contribution is 2.27. The molecule has 2 aromatic heterocycles. The molecular formula is C13H19Cl2N3OS2. The van der Waals surface area contributed by atoms with Gasteiger partial charge < -0.3 is 11.1 Å². The molecule has 118 valence electrons. The smallest absolute Gasteiger partial charge is 0.226 e. The number of amides is 1. The zero-order chi connectivity index (χ0) is 13.7. The highest BCUT2D eigenvalue weighted by Gasteiger charge is 2.09. The summed E-state index contributed by atoms with van der Waals surface area (Å²) < 4.78 is 0. The van der Waals surface area contributed by atoms with E-state index in [1.807, 2.05) is 29.8 Å². The number of nitrogens with two attached hydrogens (primary N) is 1. The third-order valence-corrected chi connectivity index (χ3v) is 4.48. The van der Waals surface area contributed by atoms with Crippen LogP contribution in [0.4, 0.5) is 0 Å². The van der Waals surface area contributed by atoms with E-state index in [9.17, 15) is 4.79 Å². The number of nitrogens with zero attached hydrogens (tertiary/aromatic N) is 1. The number of hydrogen-bond donors (Lipinski definition) is 2. The van der Waals surface area contributed by atoms with Gasteiger partial charge in [-0.05, 0) is 24.8 Å². The van der Waals surface area contributed by atoms with Crippen LogP contribution >= 0.6 is 47.5 Å². The SMILES string of the molecule is CC(N)CCNC(=O)Cc1csc(-c2cccs2)n1.Cl.Cl. The fraction of sp³-hybridized carbons (Fsp3) is 0.385. The van der Waals surface area contributed by atoms with Gasteiger partial charge in [0.2, 0.25) is 5.91 Å². The topological polar surface area (TPSA) is 68.0 Å². The Morgan fingerprint density at radius 1 is 1.43 bits per heavy atom. The monoisotopic (exact) mass is 367 g/mol. The van der Waals surface area contributed by atoms with Crippen LogP contribution in [0.15, 0.2) is 22.9 Å². The molecule has 1 atom stereocenters. The summed E-state index contributed by atoms with van der Waals surface area (Å²) in [5, 5.41) is 7.80. The zero-order valence-corrected chi connectivity index (χ0v) is 14.8. The van der Waals surface area contributed by atoms with Gasteiger partial charge in [-0.15, -0.1) is 47.5 Å². The Morgan fingerprint density at radius 3 is 2.81 bits per heavy atom. The van der Waals surface area contributed by atoms with Gasteiger partial charge in [0.15, 0.2) is 0 Å². The molecule has 2 aromatic rings. The summed E-state index contributed by atoms with van der Waals surface area (Å²) in [4.78, 5) is 17.3. The van der Waals surface area contributed by atoms with Gasteiger partial charge in [0, 0.05) is 18.0 Å². The van der Waals surface area contributed by atoms with Crippen LogP contribution in [0.3, 0.4) is 0 Å². The molecule has 8 heteroatoms. The molecule has 3 N–H and O–H groups in total. The summed E-state index contributed by atoms with van der Waals surface area (Å²) in [6.45, 7) is 2.55. The van der Waals surface area contributed by atoms with Gasteiger partial charge in [-0.2, -0.15) is 0 Å². The Morgan fingerprint density at radius 2 is 2.19 bits per heavy atom. The predicted octanol–water partition coefficient (Wildman–Crippen LogP) is 3.11. The van der Waals surface area contributed by atoms with Crippen molar-refractivity contribution in [3.63, 3.8) is 0 Å². The van der Waals surface area contributed by atoms with Crippen LogP contribution in [0.5, 0.6) is 0 Å². The second-order valence-corrected chi connectivity index (χ2v) is 6.22. The lowest BCUT2D eigenvalue weighted by atomic mass is 10.2. The highest BCUT2D eigenvalue weighted by molar-refractivity contribution is 7.20. The van der Waals surface area contributed by atoms with E-state index < -0.39 is 0 Å². The molecule has 0 spiro atoms. The maximum absolute atomic E-state index is 11.7. The van der Waals surface area contributed by atoms with E-state index in [4.69, 9.17) is 5.73 Å². The lowest BCUT2D eigenvalue weighted by Gasteiger charge is -2.06. The van der Waals surface area contributed by atoms with Gasteiger partial charge in [-0.25, -0.2) is 4.98 Å². The minimum absolute atomic E-state index is 0. The van der Waals surface area contributed by atoms with Crippen LogP contribution in [0, 0.1) is 0 Å². The van der Waals surface area contributed by atoms with Gasteiger partial charge in [-0.3, -0.25) is 4.79 Å². The molecule has 0 aliphatic heterocycles. The van der Waals surface area contributed by atoms with Crippen molar-refractivity contribution in [1.82, 2.24) is 10.3 Å². The van der Waals surface area contributed by atoms with E-state index in [0.29, 0.717) is 13.0 Å². The summed E-state index contributed by atoms with van der Waals surface area (Å²) in [6.07, 6.45) is 1.13. The molecule has 0 saturated carbocycles. The van der Waals surface area contributed by atoms with Gasteiger partial charge in [0.25, 0.3) is 0 Å². The molecule has 0 aliphatic rings. The summed E-state index contributed by atoms with van der Waals surface area (Å²) in [7, 11) is 0. The Hall–Kier alpha value is -0.660.